The molecule has 0 bridgehead atoms. The van der Waals surface area contributed by atoms with E-state index in [9.17, 15) is 9.18 Å². The molecule has 0 aliphatic rings. The van der Waals surface area contributed by atoms with Crippen LogP contribution in [0, 0.1) is 5.82 Å². The van der Waals surface area contributed by atoms with Gasteiger partial charge in [0.1, 0.15) is 11.6 Å². The first-order chi connectivity index (χ1) is 15.5. The number of pyridine rings is 1. The zero-order valence-electron chi connectivity index (χ0n) is 17.7. The highest BCUT2D eigenvalue weighted by molar-refractivity contribution is 6.04. The lowest BCUT2D eigenvalue weighted by molar-refractivity contribution is 0.102. The molecule has 0 unspecified atom stereocenters. The minimum atomic E-state index is -0.453. The van der Waals surface area contributed by atoms with Gasteiger partial charge in [0.25, 0.3) is 11.8 Å². The first kappa shape index (κ1) is 21.2. The Kier molecular flexibility index (Phi) is 6.21. The van der Waals surface area contributed by atoms with E-state index in [0.717, 1.165) is 11.1 Å². The van der Waals surface area contributed by atoms with Gasteiger partial charge in [0.15, 0.2) is 5.82 Å². The van der Waals surface area contributed by atoms with Crippen LogP contribution in [-0.4, -0.2) is 21.0 Å². The molecule has 0 spiro atoms. The number of carbonyl (C=O) groups excluding carboxylic acids is 1. The third-order valence-corrected chi connectivity index (χ3v) is 4.71. The van der Waals surface area contributed by atoms with E-state index in [0.29, 0.717) is 29.8 Å². The first-order valence-corrected chi connectivity index (χ1v) is 10.2. The molecule has 4 aromatic rings. The molecule has 2 aromatic heterocycles. The minimum Gasteiger partial charge on any atom is -0.366 e. The van der Waals surface area contributed by atoms with Crippen molar-refractivity contribution < 1.29 is 13.7 Å². The summed E-state index contributed by atoms with van der Waals surface area (Å²) >= 11 is 0. The first-order valence-electron chi connectivity index (χ1n) is 10.2. The molecule has 0 aliphatic heterocycles. The molecule has 8 heteroatoms. The van der Waals surface area contributed by atoms with Gasteiger partial charge in [-0.15, -0.1) is 0 Å². The summed E-state index contributed by atoms with van der Waals surface area (Å²) in [6.45, 7) is 4.49. The maximum Gasteiger partial charge on any atom is 0.258 e. The summed E-state index contributed by atoms with van der Waals surface area (Å²) in [5.74, 6) is 1.11. The molecule has 0 radical (unpaired) electrons. The second kappa shape index (κ2) is 9.38. The third-order valence-electron chi connectivity index (χ3n) is 4.71. The van der Waals surface area contributed by atoms with E-state index in [1.54, 1.807) is 18.3 Å². The lowest BCUT2D eigenvalue weighted by Gasteiger charge is -2.09. The van der Waals surface area contributed by atoms with Crippen molar-refractivity contribution in [2.24, 2.45) is 0 Å². The van der Waals surface area contributed by atoms with Gasteiger partial charge in [0, 0.05) is 35.5 Å². The third kappa shape index (κ3) is 5.15. The van der Waals surface area contributed by atoms with Gasteiger partial charge in [0.05, 0.1) is 0 Å². The van der Waals surface area contributed by atoms with Crippen LogP contribution in [0.5, 0.6) is 0 Å². The SMILES string of the molecule is CC(C)c1noc(-c2ccnc(NCc3cccc(NC(=O)c4cccc(F)c4)c3)c2)n1. The summed E-state index contributed by atoms with van der Waals surface area (Å²) in [5, 5.41) is 10.0. The summed E-state index contributed by atoms with van der Waals surface area (Å²) in [5.41, 5.74) is 2.59. The molecular weight excluding hydrogens is 409 g/mol. The van der Waals surface area contributed by atoms with Gasteiger partial charge in [-0.25, -0.2) is 9.37 Å². The number of carbonyl (C=O) groups is 1. The number of hydrogen-bond acceptors (Lipinski definition) is 6. The number of halogens is 1. The topological polar surface area (TPSA) is 92.9 Å². The van der Waals surface area contributed by atoms with Crippen molar-refractivity contribution in [2.75, 3.05) is 10.6 Å². The highest BCUT2D eigenvalue weighted by Gasteiger charge is 2.12. The van der Waals surface area contributed by atoms with E-state index in [1.165, 1.54) is 18.2 Å². The smallest absolute Gasteiger partial charge is 0.258 e. The summed E-state index contributed by atoms with van der Waals surface area (Å²) in [7, 11) is 0. The van der Waals surface area contributed by atoms with Crippen LogP contribution in [0.15, 0.2) is 71.4 Å². The molecule has 7 nitrogen and oxygen atoms in total. The molecule has 2 heterocycles. The highest BCUT2D eigenvalue weighted by atomic mass is 19.1. The molecule has 32 heavy (non-hydrogen) atoms. The number of aromatic nitrogens is 3. The molecule has 0 saturated heterocycles. The Balaban J connectivity index is 1.41. The molecule has 2 aromatic carbocycles. The monoisotopic (exact) mass is 431 g/mol. The second-order valence-electron chi connectivity index (χ2n) is 7.56. The van der Waals surface area contributed by atoms with Gasteiger partial charge in [0.2, 0.25) is 0 Å². The molecule has 2 N–H and O–H groups in total. The lowest BCUT2D eigenvalue weighted by Crippen LogP contribution is -2.12. The summed E-state index contributed by atoms with van der Waals surface area (Å²) in [6, 6.07) is 16.6. The van der Waals surface area contributed by atoms with E-state index in [2.05, 4.69) is 25.8 Å². The number of amides is 1. The fraction of sp³-hybridized carbons (Fsp3) is 0.167. The van der Waals surface area contributed by atoms with Crippen molar-refractivity contribution in [2.45, 2.75) is 26.3 Å². The van der Waals surface area contributed by atoms with E-state index in [4.69, 9.17) is 4.52 Å². The Morgan fingerprint density at radius 3 is 2.72 bits per heavy atom. The largest absolute Gasteiger partial charge is 0.366 e. The Morgan fingerprint density at radius 1 is 1.09 bits per heavy atom. The standard InChI is InChI=1S/C24H22FN5O2/c1-15(2)22-29-24(32-30-22)18-9-10-26-21(13-18)27-14-16-5-3-8-20(11-16)28-23(31)17-6-4-7-19(25)12-17/h3-13,15H,14H2,1-2H3,(H,26,27)(H,28,31). The number of rotatable bonds is 7. The average molecular weight is 431 g/mol. The van der Waals surface area contributed by atoms with Gasteiger partial charge in [-0.1, -0.05) is 37.2 Å². The molecule has 0 aliphatic carbocycles. The number of nitrogens with zero attached hydrogens (tertiary/aromatic N) is 3. The molecule has 162 valence electrons. The van der Waals surface area contributed by atoms with Crippen molar-refractivity contribution in [3.8, 4) is 11.5 Å². The Hall–Kier alpha value is -4.07. The van der Waals surface area contributed by atoms with E-state index in [1.807, 2.05) is 44.2 Å². The predicted molar refractivity (Wildman–Crippen MR) is 120 cm³/mol. The molecular formula is C24H22FN5O2. The van der Waals surface area contributed by atoms with E-state index in [-0.39, 0.29) is 17.4 Å². The number of nitrogens with one attached hydrogen (secondary N) is 2. The van der Waals surface area contributed by atoms with E-state index >= 15 is 0 Å². The molecule has 1 amide bonds. The summed E-state index contributed by atoms with van der Waals surface area (Å²) < 4.78 is 18.7. The zero-order valence-corrected chi connectivity index (χ0v) is 17.7. The van der Waals surface area contributed by atoms with Crippen molar-refractivity contribution in [3.05, 3.63) is 89.6 Å². The van der Waals surface area contributed by atoms with Crippen LogP contribution in [0.2, 0.25) is 0 Å². The van der Waals surface area contributed by atoms with Crippen LogP contribution in [0.4, 0.5) is 15.9 Å². The van der Waals surface area contributed by atoms with Crippen LogP contribution in [0.25, 0.3) is 11.5 Å². The average Bonchev–Trinajstić information content (AvgIpc) is 3.29. The van der Waals surface area contributed by atoms with Crippen molar-refractivity contribution >= 4 is 17.4 Å². The van der Waals surface area contributed by atoms with Gasteiger partial charge in [-0.05, 0) is 48.0 Å². The normalized spacial score (nSPS) is 10.9. The quantitative estimate of drug-likeness (QED) is 0.415. The van der Waals surface area contributed by atoms with Crippen LogP contribution >= 0.6 is 0 Å². The van der Waals surface area contributed by atoms with Gasteiger partial charge in [-0.3, -0.25) is 4.79 Å². The molecule has 4 rings (SSSR count). The van der Waals surface area contributed by atoms with Crippen LogP contribution in [0.3, 0.4) is 0 Å². The fourth-order valence-electron chi connectivity index (χ4n) is 3.03. The molecule has 0 saturated carbocycles. The summed E-state index contributed by atoms with van der Waals surface area (Å²) in [4.78, 5) is 21.1. The van der Waals surface area contributed by atoms with E-state index < -0.39 is 5.82 Å². The number of benzene rings is 2. The Morgan fingerprint density at radius 2 is 1.94 bits per heavy atom. The van der Waals surface area contributed by atoms with Gasteiger partial charge >= 0.3 is 0 Å². The fourth-order valence-corrected chi connectivity index (χ4v) is 3.03. The highest BCUT2D eigenvalue weighted by Crippen LogP contribution is 2.22. The lowest BCUT2D eigenvalue weighted by atomic mass is 10.1. The van der Waals surface area contributed by atoms with Crippen molar-refractivity contribution in [1.29, 1.82) is 0 Å². The Labute approximate surface area is 184 Å². The molecule has 0 fully saturated rings. The number of anilines is 2. The van der Waals surface area contributed by atoms with Gasteiger partial charge < -0.3 is 15.2 Å². The molecule has 0 atom stereocenters. The van der Waals surface area contributed by atoms with Gasteiger partial charge in [-0.2, -0.15) is 4.98 Å². The zero-order chi connectivity index (χ0) is 22.5. The summed E-state index contributed by atoms with van der Waals surface area (Å²) in [6.07, 6.45) is 1.67. The van der Waals surface area contributed by atoms with Crippen LogP contribution in [-0.2, 0) is 6.54 Å². The van der Waals surface area contributed by atoms with Crippen molar-refractivity contribution in [3.63, 3.8) is 0 Å². The maximum atomic E-state index is 13.4. The second-order valence-corrected chi connectivity index (χ2v) is 7.56. The van der Waals surface area contributed by atoms with Crippen LogP contribution in [0.1, 0.15) is 41.5 Å². The van der Waals surface area contributed by atoms with Crippen molar-refractivity contribution in [1.82, 2.24) is 15.1 Å². The van der Waals surface area contributed by atoms with Crippen LogP contribution < -0.4 is 10.6 Å². The predicted octanol–water partition coefficient (Wildman–Crippen LogP) is 5.26. The maximum absolute atomic E-state index is 13.4. The Bertz CT molecular complexity index is 1240. The number of hydrogen-bond donors (Lipinski definition) is 2. The minimum absolute atomic E-state index is 0.181.